The van der Waals surface area contributed by atoms with Crippen molar-refractivity contribution >= 4 is 11.6 Å². The maximum atomic E-state index is 11.7. The van der Waals surface area contributed by atoms with Gasteiger partial charge in [0.2, 0.25) is 5.91 Å². The van der Waals surface area contributed by atoms with Crippen molar-refractivity contribution in [2.75, 3.05) is 24.5 Å². The van der Waals surface area contributed by atoms with E-state index < -0.39 is 0 Å². The van der Waals surface area contributed by atoms with Crippen molar-refractivity contribution in [3.05, 3.63) is 24.5 Å². The number of nitrogens with one attached hydrogen (secondary N) is 1. The van der Waals surface area contributed by atoms with Crippen LogP contribution in [0, 0.1) is 0 Å². The monoisotopic (exact) mass is 191 g/mol. The van der Waals surface area contributed by atoms with Crippen LogP contribution in [0.1, 0.15) is 6.42 Å². The predicted molar refractivity (Wildman–Crippen MR) is 54.1 cm³/mol. The number of pyridine rings is 1. The van der Waals surface area contributed by atoms with E-state index >= 15 is 0 Å². The van der Waals surface area contributed by atoms with E-state index in [0.717, 1.165) is 25.2 Å². The molecule has 0 atom stereocenters. The van der Waals surface area contributed by atoms with E-state index in [-0.39, 0.29) is 5.91 Å². The first-order chi connectivity index (χ1) is 6.88. The maximum absolute atomic E-state index is 11.7. The van der Waals surface area contributed by atoms with Crippen LogP contribution in [-0.4, -0.2) is 30.5 Å². The van der Waals surface area contributed by atoms with Gasteiger partial charge in [-0.1, -0.05) is 0 Å². The highest BCUT2D eigenvalue weighted by atomic mass is 16.2. The van der Waals surface area contributed by atoms with Gasteiger partial charge in [0.1, 0.15) is 0 Å². The molecule has 2 rings (SSSR count). The number of amides is 1. The summed E-state index contributed by atoms with van der Waals surface area (Å²) in [6.07, 6.45) is 4.41. The molecule has 0 saturated carbocycles. The molecule has 0 aromatic carbocycles. The SMILES string of the molecule is O=C1CNCCCN1c1ccncc1. The number of hydrogen-bond acceptors (Lipinski definition) is 3. The number of carbonyl (C=O) groups excluding carboxylic acids is 1. The summed E-state index contributed by atoms with van der Waals surface area (Å²) < 4.78 is 0. The molecule has 1 N–H and O–H groups in total. The van der Waals surface area contributed by atoms with E-state index in [1.807, 2.05) is 17.0 Å². The normalized spacial score (nSPS) is 18.0. The largest absolute Gasteiger partial charge is 0.311 e. The third kappa shape index (κ3) is 1.90. The summed E-state index contributed by atoms with van der Waals surface area (Å²) in [4.78, 5) is 17.4. The summed E-state index contributed by atoms with van der Waals surface area (Å²) in [5.74, 6) is 0.133. The Balaban J connectivity index is 2.19. The number of anilines is 1. The van der Waals surface area contributed by atoms with Gasteiger partial charge in [0.15, 0.2) is 0 Å². The van der Waals surface area contributed by atoms with Crippen molar-refractivity contribution in [2.45, 2.75) is 6.42 Å². The Bertz CT molecular complexity index is 312. The molecule has 0 bridgehead atoms. The van der Waals surface area contributed by atoms with Crippen molar-refractivity contribution in [3.8, 4) is 0 Å². The standard InChI is InChI=1S/C10H13N3O/c14-10-8-12-4-1-7-13(10)9-2-5-11-6-3-9/h2-3,5-6,12H,1,4,7-8H2. The van der Waals surface area contributed by atoms with Crippen molar-refractivity contribution in [1.29, 1.82) is 0 Å². The van der Waals surface area contributed by atoms with Crippen LogP contribution >= 0.6 is 0 Å². The highest BCUT2D eigenvalue weighted by Gasteiger charge is 2.17. The summed E-state index contributed by atoms with van der Waals surface area (Å²) >= 11 is 0. The Morgan fingerprint density at radius 1 is 1.36 bits per heavy atom. The lowest BCUT2D eigenvalue weighted by Gasteiger charge is -2.19. The Morgan fingerprint density at radius 2 is 2.14 bits per heavy atom. The summed E-state index contributed by atoms with van der Waals surface area (Å²) in [6.45, 7) is 2.13. The highest BCUT2D eigenvalue weighted by Crippen LogP contribution is 2.13. The molecule has 4 heteroatoms. The van der Waals surface area contributed by atoms with E-state index in [9.17, 15) is 4.79 Å². The second-order valence-electron chi connectivity index (χ2n) is 3.28. The zero-order valence-electron chi connectivity index (χ0n) is 7.94. The number of hydrogen-bond donors (Lipinski definition) is 1. The number of aromatic nitrogens is 1. The van der Waals surface area contributed by atoms with Crippen molar-refractivity contribution in [2.24, 2.45) is 0 Å². The molecular formula is C10H13N3O. The van der Waals surface area contributed by atoms with E-state index in [1.54, 1.807) is 12.4 Å². The second-order valence-corrected chi connectivity index (χ2v) is 3.28. The average Bonchev–Trinajstić information content (AvgIpc) is 2.44. The van der Waals surface area contributed by atoms with Gasteiger partial charge >= 0.3 is 0 Å². The second kappa shape index (κ2) is 4.19. The Labute approximate surface area is 82.9 Å². The quantitative estimate of drug-likeness (QED) is 0.699. The van der Waals surface area contributed by atoms with Crippen LogP contribution in [0.5, 0.6) is 0 Å². The Kier molecular flexibility index (Phi) is 2.74. The van der Waals surface area contributed by atoms with Gasteiger partial charge in [0.25, 0.3) is 0 Å². The van der Waals surface area contributed by atoms with Gasteiger partial charge in [0, 0.05) is 24.6 Å². The number of nitrogens with zero attached hydrogens (tertiary/aromatic N) is 2. The van der Waals surface area contributed by atoms with Crippen LogP contribution < -0.4 is 10.2 Å². The summed E-state index contributed by atoms with van der Waals surface area (Å²) in [5, 5.41) is 3.09. The molecule has 14 heavy (non-hydrogen) atoms. The summed E-state index contributed by atoms with van der Waals surface area (Å²) in [5.41, 5.74) is 0.939. The minimum atomic E-state index is 0.133. The van der Waals surface area contributed by atoms with Gasteiger partial charge < -0.3 is 10.2 Å². The van der Waals surface area contributed by atoms with E-state index in [4.69, 9.17) is 0 Å². The van der Waals surface area contributed by atoms with Gasteiger partial charge in [0.05, 0.1) is 6.54 Å². The number of rotatable bonds is 1. The van der Waals surface area contributed by atoms with Crippen molar-refractivity contribution in [3.63, 3.8) is 0 Å². The first-order valence-corrected chi connectivity index (χ1v) is 4.79. The molecule has 2 heterocycles. The first-order valence-electron chi connectivity index (χ1n) is 4.79. The first kappa shape index (κ1) is 9.15. The van der Waals surface area contributed by atoms with E-state index in [1.165, 1.54) is 0 Å². The fourth-order valence-corrected chi connectivity index (χ4v) is 1.57. The molecule has 74 valence electrons. The van der Waals surface area contributed by atoms with Crippen molar-refractivity contribution in [1.82, 2.24) is 10.3 Å². The molecule has 1 amide bonds. The zero-order chi connectivity index (χ0) is 9.80. The van der Waals surface area contributed by atoms with Crippen molar-refractivity contribution < 1.29 is 4.79 Å². The van der Waals surface area contributed by atoms with Crippen LogP contribution in [0.15, 0.2) is 24.5 Å². The molecule has 1 saturated heterocycles. The molecule has 0 radical (unpaired) electrons. The fourth-order valence-electron chi connectivity index (χ4n) is 1.57. The van der Waals surface area contributed by atoms with Gasteiger partial charge in [-0.05, 0) is 25.1 Å². The third-order valence-electron chi connectivity index (χ3n) is 2.29. The molecule has 1 aliphatic rings. The minimum Gasteiger partial charge on any atom is -0.311 e. The Hall–Kier alpha value is -1.42. The molecule has 0 spiro atoms. The lowest BCUT2D eigenvalue weighted by molar-refractivity contribution is -0.117. The highest BCUT2D eigenvalue weighted by molar-refractivity contribution is 5.94. The Morgan fingerprint density at radius 3 is 2.93 bits per heavy atom. The molecule has 1 aliphatic heterocycles. The zero-order valence-corrected chi connectivity index (χ0v) is 7.94. The summed E-state index contributed by atoms with van der Waals surface area (Å²) in [7, 11) is 0. The van der Waals surface area contributed by atoms with Crippen LogP contribution in [-0.2, 0) is 4.79 Å². The molecule has 0 aliphatic carbocycles. The smallest absolute Gasteiger partial charge is 0.240 e. The van der Waals surface area contributed by atoms with E-state index in [2.05, 4.69) is 10.3 Å². The van der Waals surface area contributed by atoms with Gasteiger partial charge in [-0.25, -0.2) is 0 Å². The van der Waals surface area contributed by atoms with Gasteiger partial charge in [-0.15, -0.1) is 0 Å². The molecule has 1 aromatic rings. The van der Waals surface area contributed by atoms with Crippen LogP contribution in [0.4, 0.5) is 5.69 Å². The molecule has 1 fully saturated rings. The third-order valence-corrected chi connectivity index (χ3v) is 2.29. The van der Waals surface area contributed by atoms with Crippen LogP contribution in [0.3, 0.4) is 0 Å². The van der Waals surface area contributed by atoms with Crippen LogP contribution in [0.25, 0.3) is 0 Å². The van der Waals surface area contributed by atoms with E-state index in [0.29, 0.717) is 6.54 Å². The molecule has 0 unspecified atom stereocenters. The molecule has 1 aromatic heterocycles. The molecule has 4 nitrogen and oxygen atoms in total. The topological polar surface area (TPSA) is 45.2 Å². The lowest BCUT2D eigenvalue weighted by Crippen LogP contribution is -2.34. The predicted octanol–water partition coefficient (Wildman–Crippen LogP) is 0.408. The van der Waals surface area contributed by atoms with Gasteiger partial charge in [-0.3, -0.25) is 9.78 Å². The summed E-state index contributed by atoms with van der Waals surface area (Å²) in [6, 6.07) is 3.73. The minimum absolute atomic E-state index is 0.133. The van der Waals surface area contributed by atoms with Gasteiger partial charge in [-0.2, -0.15) is 0 Å². The fraction of sp³-hybridized carbons (Fsp3) is 0.400. The maximum Gasteiger partial charge on any atom is 0.240 e. The average molecular weight is 191 g/mol. The van der Waals surface area contributed by atoms with Crippen LogP contribution in [0.2, 0.25) is 0 Å². The molecular weight excluding hydrogens is 178 g/mol. The number of carbonyl (C=O) groups is 1. The lowest BCUT2D eigenvalue weighted by atomic mass is 10.3.